The molecule has 2 aromatic carbocycles. The van der Waals surface area contributed by atoms with E-state index in [1.165, 1.54) is 0 Å². The summed E-state index contributed by atoms with van der Waals surface area (Å²) in [5, 5.41) is 3.29. The number of ether oxygens (including phenoxy) is 1. The Bertz CT molecular complexity index is 672. The lowest BCUT2D eigenvalue weighted by Crippen LogP contribution is -2.31. The van der Waals surface area contributed by atoms with Gasteiger partial charge in [-0.25, -0.2) is 4.79 Å². The van der Waals surface area contributed by atoms with E-state index in [1.807, 2.05) is 44.2 Å². The zero-order valence-corrected chi connectivity index (χ0v) is 14.4. The quantitative estimate of drug-likeness (QED) is 0.472. The van der Waals surface area contributed by atoms with Crippen LogP contribution in [0.4, 0.5) is 5.69 Å². The van der Waals surface area contributed by atoms with Gasteiger partial charge in [0, 0.05) is 5.69 Å². The van der Waals surface area contributed by atoms with Crippen LogP contribution in [0.2, 0.25) is 0 Å². The fraction of sp³-hybridized carbons (Fsp3) is 0.222. The summed E-state index contributed by atoms with van der Waals surface area (Å²) in [7, 11) is 0. The van der Waals surface area contributed by atoms with E-state index < -0.39 is 0 Å². The molecule has 0 aliphatic heterocycles. The van der Waals surface area contributed by atoms with Crippen LogP contribution in [0.3, 0.4) is 0 Å². The SMILES string of the molecule is CC(C)COC(=O)c1ccc(NC(=S)NOc2ccccc2)cc1. The molecule has 5 nitrogen and oxygen atoms in total. The number of nitrogens with one attached hydrogen (secondary N) is 2. The maximum absolute atomic E-state index is 11.8. The van der Waals surface area contributed by atoms with Gasteiger partial charge >= 0.3 is 5.97 Å². The topological polar surface area (TPSA) is 59.6 Å². The molecule has 2 aromatic rings. The van der Waals surface area contributed by atoms with Crippen LogP contribution in [0.15, 0.2) is 54.6 Å². The molecule has 2 N–H and O–H groups in total. The Morgan fingerprint density at radius 2 is 1.75 bits per heavy atom. The number of hydrogen-bond acceptors (Lipinski definition) is 4. The number of benzene rings is 2. The van der Waals surface area contributed by atoms with Gasteiger partial charge in [-0.05, 0) is 54.5 Å². The fourth-order valence-electron chi connectivity index (χ4n) is 1.77. The summed E-state index contributed by atoms with van der Waals surface area (Å²) in [5.74, 6) is 0.635. The number of rotatable bonds is 6. The molecule has 0 heterocycles. The molecule has 0 aromatic heterocycles. The average molecular weight is 344 g/mol. The number of esters is 1. The molecule has 0 atom stereocenters. The standard InChI is InChI=1S/C18H20N2O3S/c1-13(2)12-22-17(21)14-8-10-15(11-9-14)19-18(24)20-23-16-6-4-3-5-7-16/h3-11,13H,12H2,1-2H3,(H2,19,20,24). The van der Waals surface area contributed by atoms with Gasteiger partial charge in [0.15, 0.2) is 5.75 Å². The first-order valence-corrected chi connectivity index (χ1v) is 8.01. The molecule has 0 fully saturated rings. The number of anilines is 1. The lowest BCUT2D eigenvalue weighted by molar-refractivity contribution is 0.0459. The molecule has 2 rings (SSSR count). The van der Waals surface area contributed by atoms with Crippen LogP contribution >= 0.6 is 12.2 Å². The molecule has 0 saturated heterocycles. The van der Waals surface area contributed by atoms with E-state index >= 15 is 0 Å². The summed E-state index contributed by atoms with van der Waals surface area (Å²) >= 11 is 5.15. The van der Waals surface area contributed by atoms with Crippen LogP contribution in [0.1, 0.15) is 24.2 Å². The minimum absolute atomic E-state index is 0.308. The Hall–Kier alpha value is -2.60. The summed E-state index contributed by atoms with van der Waals surface area (Å²) in [5.41, 5.74) is 3.89. The van der Waals surface area contributed by atoms with Crippen molar-refractivity contribution >= 4 is 29.0 Å². The molecule has 0 spiro atoms. The van der Waals surface area contributed by atoms with Crippen molar-refractivity contribution in [3.8, 4) is 5.75 Å². The lowest BCUT2D eigenvalue weighted by atomic mass is 10.2. The van der Waals surface area contributed by atoms with E-state index in [1.54, 1.807) is 24.3 Å². The lowest BCUT2D eigenvalue weighted by Gasteiger charge is -2.11. The molecular weight excluding hydrogens is 324 g/mol. The van der Waals surface area contributed by atoms with Crippen LogP contribution in [0.25, 0.3) is 0 Å². The molecular formula is C18H20N2O3S. The first-order chi connectivity index (χ1) is 11.5. The maximum Gasteiger partial charge on any atom is 0.338 e. The molecule has 0 amide bonds. The van der Waals surface area contributed by atoms with Gasteiger partial charge in [0.05, 0.1) is 12.2 Å². The summed E-state index contributed by atoms with van der Waals surface area (Å²) < 4.78 is 5.18. The number of carbonyl (C=O) groups is 1. The third-order valence-corrected chi connectivity index (χ3v) is 3.12. The highest BCUT2D eigenvalue weighted by Gasteiger charge is 2.08. The Kier molecular flexibility index (Phi) is 6.57. The van der Waals surface area contributed by atoms with E-state index in [9.17, 15) is 4.79 Å². The highest BCUT2D eigenvalue weighted by atomic mass is 32.1. The summed E-state index contributed by atoms with van der Waals surface area (Å²) in [4.78, 5) is 17.2. The van der Waals surface area contributed by atoms with Gasteiger partial charge in [0.1, 0.15) is 0 Å². The first-order valence-electron chi connectivity index (χ1n) is 7.60. The van der Waals surface area contributed by atoms with Crippen molar-refractivity contribution in [2.75, 3.05) is 11.9 Å². The van der Waals surface area contributed by atoms with Gasteiger partial charge in [-0.3, -0.25) is 0 Å². The van der Waals surface area contributed by atoms with Crippen molar-refractivity contribution in [1.82, 2.24) is 5.48 Å². The third kappa shape index (κ3) is 5.89. The van der Waals surface area contributed by atoms with Gasteiger partial charge in [-0.2, -0.15) is 5.48 Å². The molecule has 0 bridgehead atoms. The van der Waals surface area contributed by atoms with Crippen molar-refractivity contribution in [2.24, 2.45) is 5.92 Å². The van der Waals surface area contributed by atoms with Crippen molar-refractivity contribution in [3.63, 3.8) is 0 Å². The highest BCUT2D eigenvalue weighted by molar-refractivity contribution is 7.80. The Labute approximate surface area is 146 Å². The summed E-state index contributed by atoms with van der Waals surface area (Å²) in [6, 6.07) is 16.1. The second-order valence-electron chi connectivity index (χ2n) is 5.54. The third-order valence-electron chi connectivity index (χ3n) is 2.93. The molecule has 0 aliphatic rings. The van der Waals surface area contributed by atoms with Crippen LogP contribution in [0.5, 0.6) is 5.75 Å². The number of thiocarbonyl (C=S) groups is 1. The second-order valence-corrected chi connectivity index (χ2v) is 5.95. The summed E-state index contributed by atoms with van der Waals surface area (Å²) in [6.07, 6.45) is 0. The molecule has 24 heavy (non-hydrogen) atoms. The largest absolute Gasteiger partial charge is 0.462 e. The van der Waals surface area contributed by atoms with Crippen molar-refractivity contribution < 1.29 is 14.4 Å². The number of carbonyl (C=O) groups excluding carboxylic acids is 1. The molecule has 0 radical (unpaired) electrons. The van der Waals surface area contributed by atoms with E-state index in [2.05, 4.69) is 10.8 Å². The normalized spacial score (nSPS) is 10.1. The monoisotopic (exact) mass is 344 g/mol. The Morgan fingerprint density at radius 1 is 1.08 bits per heavy atom. The van der Waals surface area contributed by atoms with Crippen molar-refractivity contribution in [3.05, 3.63) is 60.2 Å². The van der Waals surface area contributed by atoms with Crippen LogP contribution in [0, 0.1) is 5.92 Å². The van der Waals surface area contributed by atoms with Gasteiger partial charge in [-0.1, -0.05) is 32.0 Å². The highest BCUT2D eigenvalue weighted by Crippen LogP contribution is 2.11. The van der Waals surface area contributed by atoms with Gasteiger partial charge in [0.2, 0.25) is 5.11 Å². The van der Waals surface area contributed by atoms with Crippen LogP contribution in [-0.2, 0) is 4.74 Å². The number of hydrogen-bond donors (Lipinski definition) is 2. The van der Waals surface area contributed by atoms with E-state index in [4.69, 9.17) is 21.8 Å². The van der Waals surface area contributed by atoms with Gasteiger partial charge in [-0.15, -0.1) is 0 Å². The number of hydroxylamine groups is 1. The van der Waals surface area contributed by atoms with Crippen molar-refractivity contribution in [2.45, 2.75) is 13.8 Å². The zero-order valence-electron chi connectivity index (χ0n) is 13.6. The van der Waals surface area contributed by atoms with E-state index in [0.717, 1.165) is 5.69 Å². The number of para-hydroxylation sites is 1. The van der Waals surface area contributed by atoms with Gasteiger partial charge in [0.25, 0.3) is 0 Å². The maximum atomic E-state index is 11.8. The predicted octanol–water partition coefficient (Wildman–Crippen LogP) is 3.78. The Balaban J connectivity index is 1.82. The minimum atomic E-state index is -0.330. The fourth-order valence-corrected chi connectivity index (χ4v) is 1.93. The van der Waals surface area contributed by atoms with Crippen LogP contribution in [-0.4, -0.2) is 17.7 Å². The predicted molar refractivity (Wildman–Crippen MR) is 98.0 cm³/mol. The first kappa shape index (κ1) is 17.7. The minimum Gasteiger partial charge on any atom is -0.462 e. The van der Waals surface area contributed by atoms with E-state index in [0.29, 0.717) is 29.0 Å². The average Bonchev–Trinajstić information content (AvgIpc) is 2.59. The molecule has 0 saturated carbocycles. The second kappa shape index (κ2) is 8.88. The molecule has 126 valence electrons. The van der Waals surface area contributed by atoms with Crippen molar-refractivity contribution in [1.29, 1.82) is 0 Å². The molecule has 0 aliphatic carbocycles. The Morgan fingerprint density at radius 3 is 2.38 bits per heavy atom. The molecule has 0 unspecified atom stereocenters. The zero-order chi connectivity index (χ0) is 17.4. The van der Waals surface area contributed by atoms with Gasteiger partial charge < -0.3 is 14.9 Å². The van der Waals surface area contributed by atoms with Crippen LogP contribution < -0.4 is 15.6 Å². The summed E-state index contributed by atoms with van der Waals surface area (Å²) in [6.45, 7) is 4.39. The molecule has 6 heteroatoms. The van der Waals surface area contributed by atoms with E-state index in [-0.39, 0.29) is 5.97 Å². The smallest absolute Gasteiger partial charge is 0.338 e.